The van der Waals surface area contributed by atoms with E-state index < -0.39 is 123 Å². The van der Waals surface area contributed by atoms with Crippen LogP contribution in [0.25, 0.3) is 0 Å². The Morgan fingerprint density at radius 3 is 1.55 bits per heavy atom. The fourth-order valence-electron chi connectivity index (χ4n) is 4.91. The molecule has 0 bridgehead atoms. The summed E-state index contributed by atoms with van der Waals surface area (Å²) >= 11 is 0. The second kappa shape index (κ2) is 13.6. The number of halogens is 14. The quantitative estimate of drug-likeness (QED) is 0.174. The van der Waals surface area contributed by atoms with Crippen molar-refractivity contribution >= 4 is 20.6 Å². The molecule has 2 aliphatic rings. The molecule has 0 spiro atoms. The maximum atomic E-state index is 13.8. The van der Waals surface area contributed by atoms with Gasteiger partial charge in [0.25, 0.3) is 22.7 Å². The number of alkyl halides is 12. The Balaban J connectivity index is 0.000000211. The number of hydrogen-bond acceptors (Lipinski definition) is 9. The smallest absolute Gasteiger partial charge is 0.417 e. The predicted molar refractivity (Wildman–Crippen MR) is 152 cm³/mol. The molecule has 2 aromatic heterocycles. The molecule has 0 radical (unpaired) electrons. The molecule has 2 aliphatic heterocycles. The lowest BCUT2D eigenvalue weighted by Gasteiger charge is -2.16. The zero-order chi connectivity index (χ0) is 41.2. The molecule has 0 saturated heterocycles. The van der Waals surface area contributed by atoms with E-state index in [-0.39, 0.29) is 17.3 Å². The van der Waals surface area contributed by atoms with Crippen molar-refractivity contribution in [1.82, 2.24) is 9.97 Å². The largest absolute Gasteiger partial charge is 0.455 e. The van der Waals surface area contributed by atoms with Crippen molar-refractivity contribution in [2.75, 3.05) is 0 Å². The number of sulfone groups is 1. The lowest BCUT2D eigenvalue weighted by Crippen LogP contribution is -2.38. The Hall–Kier alpha value is -5.56. The van der Waals surface area contributed by atoms with Crippen LogP contribution in [0.4, 0.5) is 61.5 Å². The van der Waals surface area contributed by atoms with Crippen molar-refractivity contribution in [2.45, 2.75) is 45.0 Å². The molecular formula is C30H10F14N4O5S2. The number of hydrogen-bond donors (Lipinski definition) is 0. The maximum absolute atomic E-state index is 13.8. The zero-order valence-electron chi connectivity index (χ0n) is 25.7. The number of nitrogens with zero attached hydrogens (tertiary/aromatic N) is 4. The second-order valence-electron chi connectivity index (χ2n) is 10.8. The summed E-state index contributed by atoms with van der Waals surface area (Å²) in [7, 11) is -10.1. The van der Waals surface area contributed by atoms with E-state index in [2.05, 4.69) is 9.97 Å². The van der Waals surface area contributed by atoms with Crippen LogP contribution in [-0.4, -0.2) is 33.1 Å². The van der Waals surface area contributed by atoms with Gasteiger partial charge in [0, 0.05) is 12.1 Å². The third kappa shape index (κ3) is 6.43. The normalized spacial score (nSPS) is 19.1. The third-order valence-electron chi connectivity index (χ3n) is 7.32. The van der Waals surface area contributed by atoms with Crippen molar-refractivity contribution < 1.29 is 83.6 Å². The van der Waals surface area contributed by atoms with Gasteiger partial charge < -0.3 is 9.47 Å². The Morgan fingerprint density at radius 2 is 1.11 bits per heavy atom. The minimum absolute atomic E-state index is 0.197. The van der Waals surface area contributed by atoms with Crippen LogP contribution in [0.3, 0.4) is 0 Å². The minimum atomic E-state index is -6.24. The molecule has 1 unspecified atom stereocenters. The van der Waals surface area contributed by atoms with Crippen LogP contribution in [0.2, 0.25) is 0 Å². The summed E-state index contributed by atoms with van der Waals surface area (Å²) < 4.78 is 236. The number of pyridine rings is 2. The van der Waals surface area contributed by atoms with E-state index in [1.54, 1.807) is 6.07 Å². The highest BCUT2D eigenvalue weighted by molar-refractivity contribution is 7.93. The molecule has 4 aromatic rings. The predicted octanol–water partition coefficient (Wildman–Crippen LogP) is 8.92. The molecule has 25 heteroatoms. The molecule has 290 valence electrons. The highest BCUT2D eigenvalue weighted by Gasteiger charge is 2.76. The summed E-state index contributed by atoms with van der Waals surface area (Å²) in [4.78, 5) is 2.32. The SMILES string of the molecule is N#Cc1cc(F)cc(Oc2cnc3c(c2C(F)F)S(=O)(=O)C(F)(F)C3(F)F)c1.N#Cc1cc(F)cc(Oc2cnc3c(c2C(F)F)S(=O)C(F)(F)C3(F)F)c1. The standard InChI is InChI=1S/C15H5F7N2O3S.C15H5F7N2O2S/c16-7-1-6(4-23)2-8(3-7)27-9-5-24-12-11(10(9)13(17)18)28(25,26)15(21,22)14(12,19)20;16-7-1-6(4-23)2-8(3-7)26-9-5-24-12-11(10(9)13(17)18)27(25)15(21,22)14(12,19)20/h1-3,5,13H;1-3,5,13H. The number of benzene rings is 2. The number of ether oxygens (including phenoxy) is 2. The molecular weight excluding hydrogens is 826 g/mol. The maximum Gasteiger partial charge on any atom is 0.417 e. The van der Waals surface area contributed by atoms with Crippen LogP contribution in [0, 0.1) is 34.3 Å². The Bertz CT molecular complexity index is 2470. The summed E-state index contributed by atoms with van der Waals surface area (Å²) in [6.45, 7) is 0. The minimum Gasteiger partial charge on any atom is -0.455 e. The van der Waals surface area contributed by atoms with Gasteiger partial charge in [0.15, 0.2) is 11.5 Å². The molecule has 0 aliphatic carbocycles. The molecule has 1 atom stereocenters. The van der Waals surface area contributed by atoms with Crippen molar-refractivity contribution in [3.63, 3.8) is 0 Å². The first-order valence-corrected chi connectivity index (χ1v) is 16.6. The molecule has 55 heavy (non-hydrogen) atoms. The van der Waals surface area contributed by atoms with Crippen molar-refractivity contribution in [1.29, 1.82) is 10.5 Å². The van der Waals surface area contributed by atoms with E-state index >= 15 is 0 Å². The van der Waals surface area contributed by atoms with E-state index in [9.17, 15) is 74.1 Å². The van der Waals surface area contributed by atoms with E-state index in [4.69, 9.17) is 20.0 Å². The number of fused-ring (bicyclic) bond motifs is 2. The monoisotopic (exact) mass is 836 g/mol. The van der Waals surface area contributed by atoms with Crippen LogP contribution >= 0.6 is 0 Å². The second-order valence-corrected chi connectivity index (χ2v) is 14.1. The number of aromatic nitrogens is 2. The molecule has 0 fully saturated rings. The fourth-order valence-corrected chi connectivity index (χ4v) is 7.85. The zero-order valence-corrected chi connectivity index (χ0v) is 27.3. The van der Waals surface area contributed by atoms with E-state index in [0.717, 1.165) is 24.3 Å². The summed E-state index contributed by atoms with van der Waals surface area (Å²) in [5, 5.41) is 6.67. The summed E-state index contributed by atoms with van der Waals surface area (Å²) in [5.74, 6) is -15.6. The molecule has 6 rings (SSSR count). The van der Waals surface area contributed by atoms with Crippen LogP contribution in [0.15, 0.2) is 58.6 Å². The Morgan fingerprint density at radius 1 is 0.673 bits per heavy atom. The molecule has 9 nitrogen and oxygen atoms in total. The average Bonchev–Trinajstić information content (AvgIpc) is 3.29. The van der Waals surface area contributed by atoms with E-state index in [0.29, 0.717) is 18.3 Å². The van der Waals surface area contributed by atoms with Gasteiger partial charge in [-0.25, -0.2) is 48.9 Å². The third-order valence-corrected chi connectivity index (χ3v) is 10.7. The lowest BCUT2D eigenvalue weighted by atomic mass is 10.1. The van der Waals surface area contributed by atoms with Crippen LogP contribution in [-0.2, 0) is 32.5 Å². The van der Waals surface area contributed by atoms with Gasteiger partial charge in [0.05, 0.1) is 51.7 Å². The van der Waals surface area contributed by atoms with Gasteiger partial charge in [-0.3, -0.25) is 0 Å². The first-order valence-electron chi connectivity index (χ1n) is 13.9. The summed E-state index contributed by atoms with van der Waals surface area (Å²) in [6, 6.07) is 7.76. The summed E-state index contributed by atoms with van der Waals surface area (Å²) in [6.07, 6.45) is -6.95. The van der Waals surface area contributed by atoms with Crippen molar-refractivity contribution in [2.24, 2.45) is 0 Å². The van der Waals surface area contributed by atoms with Gasteiger partial charge in [-0.1, -0.05) is 0 Å². The number of rotatable bonds is 6. The van der Waals surface area contributed by atoms with Gasteiger partial charge in [-0.15, -0.1) is 0 Å². The number of nitriles is 2. The lowest BCUT2D eigenvalue weighted by molar-refractivity contribution is -0.161. The average molecular weight is 837 g/mol. The van der Waals surface area contributed by atoms with Crippen LogP contribution in [0.5, 0.6) is 23.0 Å². The van der Waals surface area contributed by atoms with Gasteiger partial charge >= 0.3 is 22.4 Å². The Labute approximate surface area is 298 Å². The first kappa shape index (κ1) is 40.6. The molecule has 0 saturated carbocycles. The van der Waals surface area contributed by atoms with Gasteiger partial charge in [-0.2, -0.15) is 45.6 Å². The highest BCUT2D eigenvalue weighted by atomic mass is 32.2. The molecule has 0 amide bonds. The molecule has 0 N–H and O–H groups in total. The fraction of sp³-hybridized carbons (Fsp3) is 0.200. The van der Waals surface area contributed by atoms with Crippen molar-refractivity contribution in [3.05, 3.63) is 94.1 Å². The topological polar surface area (TPSA) is 143 Å². The molecule has 2 aromatic carbocycles. The van der Waals surface area contributed by atoms with Crippen LogP contribution < -0.4 is 9.47 Å². The van der Waals surface area contributed by atoms with Crippen LogP contribution in [0.1, 0.15) is 46.5 Å². The Kier molecular flexibility index (Phi) is 10.1. The van der Waals surface area contributed by atoms with Gasteiger partial charge in [0.2, 0.25) is 0 Å². The van der Waals surface area contributed by atoms with Crippen molar-refractivity contribution in [3.8, 4) is 35.1 Å². The molecule has 4 heterocycles. The van der Waals surface area contributed by atoms with Gasteiger partial charge in [0.1, 0.15) is 50.2 Å². The van der Waals surface area contributed by atoms with E-state index in [1.807, 2.05) is 0 Å². The highest BCUT2D eigenvalue weighted by Crippen LogP contribution is 2.59. The van der Waals surface area contributed by atoms with E-state index in [1.165, 1.54) is 6.07 Å². The summed E-state index contributed by atoms with van der Waals surface area (Å²) in [5.41, 5.74) is -7.60. The first-order chi connectivity index (χ1) is 25.3. The van der Waals surface area contributed by atoms with Gasteiger partial charge in [-0.05, 0) is 24.3 Å².